The summed E-state index contributed by atoms with van der Waals surface area (Å²) in [4.78, 5) is 20.8. The summed E-state index contributed by atoms with van der Waals surface area (Å²) >= 11 is 5.78. The normalized spacial score (nSPS) is 29.9. The zero-order valence-electron chi connectivity index (χ0n) is 16.5. The molecular formula is C20H21ClF2N4O3S. The van der Waals surface area contributed by atoms with Crippen LogP contribution in [-0.4, -0.2) is 42.5 Å². The van der Waals surface area contributed by atoms with E-state index in [0.29, 0.717) is 5.02 Å². The van der Waals surface area contributed by atoms with E-state index < -0.39 is 44.5 Å². The van der Waals surface area contributed by atoms with Gasteiger partial charge in [0.2, 0.25) is 0 Å². The Balaban J connectivity index is 1.73. The van der Waals surface area contributed by atoms with Crippen LogP contribution in [0.1, 0.15) is 35.8 Å². The summed E-state index contributed by atoms with van der Waals surface area (Å²) in [6.45, 7) is 0.487. The van der Waals surface area contributed by atoms with Crippen LogP contribution in [0.3, 0.4) is 0 Å². The van der Waals surface area contributed by atoms with Crippen LogP contribution in [0.2, 0.25) is 5.02 Å². The number of amides is 1. The molecule has 3 heterocycles. The molecule has 1 saturated heterocycles. The summed E-state index contributed by atoms with van der Waals surface area (Å²) in [6.07, 6.45) is 1.66. The fourth-order valence-electron chi connectivity index (χ4n) is 4.40. The summed E-state index contributed by atoms with van der Waals surface area (Å²) in [7, 11) is -3.55. The molecule has 2 bridgehead atoms. The van der Waals surface area contributed by atoms with Gasteiger partial charge in [0.1, 0.15) is 34.3 Å². The molecule has 7 nitrogen and oxygen atoms in total. The molecule has 0 unspecified atom stereocenters. The lowest BCUT2D eigenvalue weighted by atomic mass is 9.86. The van der Waals surface area contributed by atoms with Gasteiger partial charge in [0, 0.05) is 17.4 Å². The first-order chi connectivity index (χ1) is 14.5. The maximum atomic E-state index is 14.9. The molecule has 11 heteroatoms. The number of rotatable bonds is 4. The van der Waals surface area contributed by atoms with Crippen molar-refractivity contribution in [3.63, 3.8) is 0 Å². The minimum Gasteiger partial charge on any atom is -0.386 e. The molecule has 0 aliphatic carbocycles. The first-order valence-electron chi connectivity index (χ1n) is 9.46. The molecule has 2 aromatic rings. The van der Waals surface area contributed by atoms with E-state index in [0.717, 1.165) is 6.07 Å². The minimum absolute atomic E-state index is 0.0247. The Hall–Kier alpha value is -2.27. The zero-order valence-corrected chi connectivity index (χ0v) is 18.1. The molecule has 166 valence electrons. The molecule has 4 rings (SSSR count). The van der Waals surface area contributed by atoms with Gasteiger partial charge in [-0.1, -0.05) is 11.6 Å². The highest BCUT2D eigenvalue weighted by molar-refractivity contribution is 8.26. The Bertz CT molecular complexity index is 1080. The van der Waals surface area contributed by atoms with Gasteiger partial charge in [0.25, 0.3) is 5.91 Å². The second-order valence-corrected chi connectivity index (χ2v) is 10.9. The highest BCUT2D eigenvalue weighted by atomic mass is 35.5. The van der Waals surface area contributed by atoms with Crippen molar-refractivity contribution in [3.8, 4) is 0 Å². The molecule has 3 atom stereocenters. The third-order valence-electron chi connectivity index (χ3n) is 6.17. The van der Waals surface area contributed by atoms with Crippen molar-refractivity contribution < 1.29 is 22.7 Å². The van der Waals surface area contributed by atoms with Gasteiger partial charge in [-0.3, -0.25) is 18.9 Å². The largest absolute Gasteiger partial charge is 0.386 e. The lowest BCUT2D eigenvalue weighted by molar-refractivity contribution is 0.102. The number of carbonyl (C=O) groups excluding carboxylic acids is 1. The summed E-state index contributed by atoms with van der Waals surface area (Å²) in [5.41, 5.74) is 4.95. The molecule has 2 aliphatic heterocycles. The van der Waals surface area contributed by atoms with Gasteiger partial charge in [-0.15, -0.1) is 0 Å². The first-order valence-corrected chi connectivity index (χ1v) is 11.5. The van der Waals surface area contributed by atoms with E-state index in [4.69, 9.17) is 17.3 Å². The Morgan fingerprint density at radius 3 is 2.77 bits per heavy atom. The van der Waals surface area contributed by atoms with E-state index in [-0.39, 0.29) is 35.6 Å². The number of aromatic nitrogens is 1. The Morgan fingerprint density at radius 1 is 1.39 bits per heavy atom. The van der Waals surface area contributed by atoms with Crippen LogP contribution in [-0.2, 0) is 5.54 Å². The van der Waals surface area contributed by atoms with E-state index in [2.05, 4.69) is 15.3 Å². The molecule has 2 aliphatic rings. The highest BCUT2D eigenvalue weighted by Crippen LogP contribution is 2.71. The molecule has 0 saturated carbocycles. The first kappa shape index (κ1) is 21.9. The maximum absolute atomic E-state index is 14.9. The highest BCUT2D eigenvalue weighted by Gasteiger charge is 2.65. The van der Waals surface area contributed by atoms with Crippen LogP contribution < -0.4 is 11.1 Å². The molecule has 1 aromatic carbocycles. The van der Waals surface area contributed by atoms with Gasteiger partial charge < -0.3 is 11.1 Å². The molecular weight excluding hydrogens is 450 g/mol. The third kappa shape index (κ3) is 3.20. The van der Waals surface area contributed by atoms with Gasteiger partial charge in [-0.25, -0.2) is 13.8 Å². The van der Waals surface area contributed by atoms with Gasteiger partial charge in [-0.05, 0) is 50.1 Å². The minimum atomic E-state index is -3.55. The lowest BCUT2D eigenvalue weighted by Crippen LogP contribution is -2.55. The maximum Gasteiger partial charge on any atom is 0.274 e. The zero-order chi connectivity index (χ0) is 22.6. The topological polar surface area (TPSA) is 121 Å². The number of benzene rings is 1. The Kier molecular flexibility index (Phi) is 5.24. The number of nitrogens with one attached hydrogen (secondary N) is 1. The second-order valence-electron chi connectivity index (χ2n) is 7.90. The number of alkyl halides is 1. The summed E-state index contributed by atoms with van der Waals surface area (Å²) in [6, 6.07) is 6.84. The van der Waals surface area contributed by atoms with E-state index in [9.17, 15) is 22.7 Å². The number of anilines is 1. The van der Waals surface area contributed by atoms with E-state index in [1.165, 1.54) is 37.4 Å². The number of nitrogens with zero attached hydrogens (tertiary/aromatic N) is 2. The number of hydrogen-bond acceptors (Lipinski definition) is 6. The molecule has 31 heavy (non-hydrogen) atoms. The van der Waals surface area contributed by atoms with E-state index >= 15 is 0 Å². The van der Waals surface area contributed by atoms with Crippen LogP contribution in [0.15, 0.2) is 41.5 Å². The Morgan fingerprint density at radius 2 is 2.13 bits per heavy atom. The third-order valence-corrected chi connectivity index (χ3v) is 9.56. The average molecular weight is 471 g/mol. The molecule has 5 N–H and O–H groups in total. The van der Waals surface area contributed by atoms with Gasteiger partial charge in [-0.2, -0.15) is 10.6 Å². The fourth-order valence-corrected chi connectivity index (χ4v) is 7.26. The van der Waals surface area contributed by atoms with Crippen molar-refractivity contribution in [2.24, 2.45) is 10.7 Å². The number of carbonyl (C=O) groups is 1. The van der Waals surface area contributed by atoms with Crippen molar-refractivity contribution in [3.05, 3.63) is 58.6 Å². The quantitative estimate of drug-likeness (QED) is 0.530. The van der Waals surface area contributed by atoms with E-state index in [1.807, 2.05) is 0 Å². The second kappa shape index (κ2) is 7.40. The SMILES string of the molecule is C[C@]1(c2cc(NC(=O)c3ccc(Cl)cn3)ccc2F)N=C(N)[C@@]2(CF)CC[C@@H]1S2(O)O. The van der Waals surface area contributed by atoms with Crippen molar-refractivity contribution in [2.45, 2.75) is 35.3 Å². The van der Waals surface area contributed by atoms with Crippen molar-refractivity contribution in [1.82, 2.24) is 4.98 Å². The molecule has 0 radical (unpaired) electrons. The lowest BCUT2D eigenvalue weighted by Gasteiger charge is -2.54. The number of fused-ring (bicyclic) bond motifs is 2. The summed E-state index contributed by atoms with van der Waals surface area (Å²) in [5, 5.41) is 2.09. The fraction of sp³-hybridized carbons (Fsp3) is 0.350. The number of aliphatic imine (C=N–C) groups is 1. The average Bonchev–Trinajstić information content (AvgIpc) is 2.93. The van der Waals surface area contributed by atoms with Gasteiger partial charge in [0.15, 0.2) is 0 Å². The number of halogens is 3. The number of pyridine rings is 1. The molecule has 1 amide bonds. The van der Waals surface area contributed by atoms with Crippen LogP contribution in [0.4, 0.5) is 14.5 Å². The standard InChI is InChI=1S/C20H21ClF2N4O3S/c1-19(16-6-7-20(10-22,18(24)27-19)31(16,29)30)13-8-12(3-4-14(13)23)26-17(28)15-5-2-11(21)9-25-15/h2-5,8-9,16,29-30H,6-7,10H2,1H3,(H2,24,27)(H,26,28)/t16-,19+,20-/m0/s1. The Labute approximate surface area is 184 Å². The van der Waals surface area contributed by atoms with Gasteiger partial charge >= 0.3 is 0 Å². The van der Waals surface area contributed by atoms with Crippen molar-refractivity contribution >= 4 is 39.6 Å². The monoisotopic (exact) mass is 470 g/mol. The molecule has 1 aromatic heterocycles. The number of hydrogen-bond donors (Lipinski definition) is 4. The van der Waals surface area contributed by atoms with Crippen molar-refractivity contribution in [2.75, 3.05) is 12.0 Å². The predicted molar refractivity (Wildman–Crippen MR) is 117 cm³/mol. The number of amidine groups is 1. The molecule has 0 spiro atoms. The number of nitrogens with two attached hydrogens (primary N) is 1. The molecule has 1 fully saturated rings. The predicted octanol–water partition coefficient (Wildman–Crippen LogP) is 4.33. The van der Waals surface area contributed by atoms with Crippen molar-refractivity contribution in [1.29, 1.82) is 0 Å². The van der Waals surface area contributed by atoms with Gasteiger partial charge in [0.05, 0.1) is 10.3 Å². The van der Waals surface area contributed by atoms with Crippen LogP contribution >= 0.6 is 22.2 Å². The van der Waals surface area contributed by atoms with Crippen LogP contribution in [0.25, 0.3) is 0 Å². The van der Waals surface area contributed by atoms with Crippen LogP contribution in [0, 0.1) is 5.82 Å². The van der Waals surface area contributed by atoms with Crippen LogP contribution in [0.5, 0.6) is 0 Å². The smallest absolute Gasteiger partial charge is 0.274 e. The van der Waals surface area contributed by atoms with E-state index in [1.54, 1.807) is 0 Å². The summed E-state index contributed by atoms with van der Waals surface area (Å²) < 4.78 is 48.9. The summed E-state index contributed by atoms with van der Waals surface area (Å²) in [5.74, 6) is -1.42.